The zero-order valence-corrected chi connectivity index (χ0v) is 7.84. The molecule has 0 aromatic heterocycles. The average molecular weight is 181 g/mol. The van der Waals surface area contributed by atoms with Gasteiger partial charge in [0.1, 0.15) is 0 Å². The van der Waals surface area contributed by atoms with E-state index in [2.05, 4.69) is 0 Å². The Labute approximate surface area is 68.3 Å². The van der Waals surface area contributed by atoms with E-state index in [1.54, 1.807) is 13.8 Å². The zero-order chi connectivity index (χ0) is 9.12. The fourth-order valence-electron chi connectivity index (χ4n) is 0.490. The highest BCUT2D eigenvalue weighted by atomic mass is 32.3. The lowest BCUT2D eigenvalue weighted by Gasteiger charge is -2.20. The van der Waals surface area contributed by atoms with Gasteiger partial charge >= 0.3 is 0 Å². The molecule has 0 unspecified atom stereocenters. The Balaban J connectivity index is 3.83. The van der Waals surface area contributed by atoms with E-state index in [1.165, 1.54) is 0 Å². The van der Waals surface area contributed by atoms with E-state index in [1.807, 2.05) is 6.07 Å². The SMILES string of the molecule is CC(C)(C#N)CCS(C)(F)F. The highest BCUT2D eigenvalue weighted by Crippen LogP contribution is 2.49. The second kappa shape index (κ2) is 3.40. The normalized spacial score (nSPS) is 14.2. The van der Waals surface area contributed by atoms with Gasteiger partial charge in [0, 0.05) is 12.0 Å². The molecule has 0 saturated carbocycles. The summed E-state index contributed by atoms with van der Waals surface area (Å²) in [6.45, 7) is 3.36. The zero-order valence-electron chi connectivity index (χ0n) is 7.03. The van der Waals surface area contributed by atoms with Crippen molar-refractivity contribution in [2.24, 2.45) is 5.41 Å². The third-order valence-corrected chi connectivity index (χ3v) is 2.31. The first-order valence-corrected chi connectivity index (χ1v) is 5.34. The molecule has 0 aliphatic heterocycles. The number of halogens is 2. The van der Waals surface area contributed by atoms with Gasteiger partial charge in [0.25, 0.3) is 0 Å². The van der Waals surface area contributed by atoms with Crippen LogP contribution in [0.5, 0.6) is 0 Å². The molecule has 0 aromatic carbocycles. The van der Waals surface area contributed by atoms with Crippen molar-refractivity contribution in [1.82, 2.24) is 0 Å². The molecule has 0 aliphatic carbocycles. The van der Waals surface area contributed by atoms with Crippen LogP contribution in [0.3, 0.4) is 0 Å². The van der Waals surface area contributed by atoms with Crippen LogP contribution < -0.4 is 0 Å². The summed E-state index contributed by atoms with van der Waals surface area (Å²) in [6.07, 6.45) is 1.24. The molecule has 0 saturated heterocycles. The van der Waals surface area contributed by atoms with E-state index < -0.39 is 16.2 Å². The molecule has 0 aromatic rings. The smallest absolute Gasteiger partial charge is 0.0684 e. The van der Waals surface area contributed by atoms with Crippen molar-refractivity contribution in [2.45, 2.75) is 20.3 Å². The predicted molar refractivity (Wildman–Crippen MR) is 44.6 cm³/mol. The van der Waals surface area contributed by atoms with Gasteiger partial charge in [-0.25, -0.2) is 0 Å². The third-order valence-electron chi connectivity index (χ3n) is 1.39. The Bertz CT molecular complexity index is 166. The first kappa shape index (κ1) is 10.7. The van der Waals surface area contributed by atoms with Crippen LogP contribution in [0.2, 0.25) is 0 Å². The minimum atomic E-state index is -3.42. The van der Waals surface area contributed by atoms with Crippen LogP contribution in [0.15, 0.2) is 0 Å². The van der Waals surface area contributed by atoms with Crippen molar-refractivity contribution in [2.75, 3.05) is 12.0 Å². The van der Waals surface area contributed by atoms with Crippen LogP contribution in [-0.4, -0.2) is 12.0 Å². The Morgan fingerprint density at radius 2 is 1.91 bits per heavy atom. The molecule has 0 radical (unpaired) electrons. The van der Waals surface area contributed by atoms with E-state index in [4.69, 9.17) is 5.26 Å². The average Bonchev–Trinajstić information content (AvgIpc) is 1.83. The van der Waals surface area contributed by atoms with Crippen LogP contribution in [0, 0.1) is 16.7 Å². The molecule has 0 aliphatic rings. The summed E-state index contributed by atoms with van der Waals surface area (Å²) in [5.74, 6) is -0.131. The molecular formula is C7H13F2NS. The van der Waals surface area contributed by atoms with Gasteiger partial charge < -0.3 is 0 Å². The van der Waals surface area contributed by atoms with Crippen LogP contribution in [0.1, 0.15) is 20.3 Å². The van der Waals surface area contributed by atoms with Crippen molar-refractivity contribution in [1.29, 1.82) is 5.26 Å². The number of rotatable bonds is 3. The standard InChI is InChI=1S/C7H13F2NS/c1-7(2,6-10)4-5-11(3,8)9/h4-5H2,1-3H3. The fraction of sp³-hybridized carbons (Fsp3) is 0.857. The topological polar surface area (TPSA) is 23.8 Å². The number of hydrogen-bond donors (Lipinski definition) is 0. The van der Waals surface area contributed by atoms with Gasteiger partial charge in [0.05, 0.1) is 22.3 Å². The largest absolute Gasteiger partial charge is 0.198 e. The summed E-state index contributed by atoms with van der Waals surface area (Å²) >= 11 is 0. The minimum absolute atomic E-state index is 0.131. The molecule has 11 heavy (non-hydrogen) atoms. The maximum atomic E-state index is 12.4. The van der Waals surface area contributed by atoms with Crippen molar-refractivity contribution in [3.63, 3.8) is 0 Å². The van der Waals surface area contributed by atoms with E-state index >= 15 is 0 Å². The van der Waals surface area contributed by atoms with Crippen LogP contribution in [-0.2, 0) is 0 Å². The number of nitrogens with zero attached hydrogens (tertiary/aromatic N) is 1. The molecule has 0 bridgehead atoms. The van der Waals surface area contributed by atoms with E-state index in [-0.39, 0.29) is 12.2 Å². The molecule has 0 heterocycles. The van der Waals surface area contributed by atoms with Crippen LogP contribution in [0.25, 0.3) is 0 Å². The number of nitriles is 1. The van der Waals surface area contributed by atoms with Crippen molar-refractivity contribution in [3.05, 3.63) is 0 Å². The second-order valence-electron chi connectivity index (χ2n) is 3.32. The maximum absolute atomic E-state index is 12.4. The van der Waals surface area contributed by atoms with Gasteiger partial charge in [-0.15, -0.1) is 0 Å². The van der Waals surface area contributed by atoms with E-state index in [9.17, 15) is 7.77 Å². The highest BCUT2D eigenvalue weighted by molar-refractivity contribution is 8.24. The molecule has 0 fully saturated rings. The van der Waals surface area contributed by atoms with Gasteiger partial charge in [0.2, 0.25) is 0 Å². The first-order chi connectivity index (χ1) is 4.77. The monoisotopic (exact) mass is 181 g/mol. The summed E-state index contributed by atoms with van der Waals surface area (Å²) in [5.41, 5.74) is -0.605. The summed E-state index contributed by atoms with van der Waals surface area (Å²) in [4.78, 5) is 0. The van der Waals surface area contributed by atoms with Gasteiger partial charge in [0.15, 0.2) is 0 Å². The van der Waals surface area contributed by atoms with Crippen LogP contribution in [0.4, 0.5) is 7.77 Å². The first-order valence-electron chi connectivity index (χ1n) is 3.33. The minimum Gasteiger partial charge on any atom is -0.198 e. The van der Waals surface area contributed by atoms with E-state index in [0.29, 0.717) is 0 Å². The molecule has 4 heteroatoms. The van der Waals surface area contributed by atoms with Crippen molar-refractivity contribution < 1.29 is 7.77 Å². The third kappa shape index (κ3) is 6.11. The van der Waals surface area contributed by atoms with Gasteiger partial charge in [-0.3, -0.25) is 0 Å². The summed E-state index contributed by atoms with van der Waals surface area (Å²) in [5, 5.41) is 8.51. The van der Waals surface area contributed by atoms with Crippen molar-refractivity contribution >= 4 is 10.8 Å². The van der Waals surface area contributed by atoms with Crippen molar-refractivity contribution in [3.8, 4) is 6.07 Å². The summed E-state index contributed by atoms with van der Waals surface area (Å²) in [7, 11) is -3.42. The Kier molecular flexibility index (Phi) is 3.30. The maximum Gasteiger partial charge on any atom is 0.0684 e. The fourth-order valence-corrected chi connectivity index (χ4v) is 1.36. The summed E-state index contributed by atoms with van der Waals surface area (Å²) < 4.78 is 24.7. The van der Waals surface area contributed by atoms with Gasteiger partial charge in [-0.2, -0.15) is 13.0 Å². The summed E-state index contributed by atoms with van der Waals surface area (Å²) in [6, 6.07) is 1.99. The lowest BCUT2D eigenvalue weighted by Crippen LogP contribution is -2.10. The molecule has 1 nitrogen and oxygen atoms in total. The predicted octanol–water partition coefficient (Wildman–Crippen LogP) is 3.13. The highest BCUT2D eigenvalue weighted by Gasteiger charge is 2.22. The Morgan fingerprint density at radius 1 is 1.45 bits per heavy atom. The molecule has 0 amide bonds. The molecule has 0 N–H and O–H groups in total. The molecule has 66 valence electrons. The number of hydrogen-bond acceptors (Lipinski definition) is 1. The quantitative estimate of drug-likeness (QED) is 0.656. The second-order valence-corrected chi connectivity index (χ2v) is 5.48. The lowest BCUT2D eigenvalue weighted by molar-refractivity contribution is 0.476. The van der Waals surface area contributed by atoms with Gasteiger partial charge in [-0.05, 0) is 20.3 Å². The Morgan fingerprint density at radius 3 is 2.18 bits per heavy atom. The Hall–Kier alpha value is -0.300. The lowest BCUT2D eigenvalue weighted by atomic mass is 9.93. The molecule has 0 spiro atoms. The molecular weight excluding hydrogens is 168 g/mol. The van der Waals surface area contributed by atoms with Crippen LogP contribution >= 0.6 is 10.8 Å². The molecule has 0 atom stereocenters. The van der Waals surface area contributed by atoms with Gasteiger partial charge in [-0.1, -0.05) is 0 Å². The molecule has 0 rings (SSSR count). The van der Waals surface area contributed by atoms with E-state index in [0.717, 1.165) is 6.26 Å².